The third kappa shape index (κ3) is 2.77. The number of methoxy groups -OCH3 is 1. The zero-order valence-electron chi connectivity index (χ0n) is 14.0. The molecule has 6 nitrogen and oxygen atoms in total. The van der Waals surface area contributed by atoms with E-state index >= 15 is 0 Å². The van der Waals surface area contributed by atoms with Gasteiger partial charge in [-0.25, -0.2) is 4.39 Å². The molecule has 130 valence electrons. The summed E-state index contributed by atoms with van der Waals surface area (Å²) in [4.78, 5) is 26.7. The van der Waals surface area contributed by atoms with Gasteiger partial charge >= 0.3 is 5.97 Å². The number of likely N-dealkylation sites (tertiary alicyclic amines) is 1. The van der Waals surface area contributed by atoms with Gasteiger partial charge in [-0.3, -0.25) is 9.69 Å². The number of hydrogen-bond acceptors (Lipinski definition) is 6. The number of rotatable bonds is 5. The molecule has 1 saturated heterocycles. The number of nitrogens with zero attached hydrogens (tertiary/aromatic N) is 3. The monoisotopic (exact) mass is 335 g/mol. The molecule has 1 heterocycles. The van der Waals surface area contributed by atoms with Crippen LogP contribution in [0.5, 0.6) is 0 Å². The number of carbonyl (C=O) groups excluding carboxylic acids is 1. The molecule has 24 heavy (non-hydrogen) atoms. The molecule has 1 saturated carbocycles. The van der Waals surface area contributed by atoms with Gasteiger partial charge in [0.05, 0.1) is 12.8 Å². The first-order valence-corrected chi connectivity index (χ1v) is 8.21. The van der Waals surface area contributed by atoms with Crippen LogP contribution in [0, 0.1) is 10.7 Å². The predicted octanol–water partition coefficient (Wildman–Crippen LogP) is 2.83. The number of piperidine rings is 1. The van der Waals surface area contributed by atoms with E-state index in [1.165, 1.54) is 13.2 Å². The molecule has 1 aliphatic heterocycles. The lowest BCUT2D eigenvalue weighted by atomic mass is 10.00. The Hall–Kier alpha value is -2.02. The molecule has 0 N–H and O–H groups in total. The molecule has 0 spiro atoms. The maximum Gasteiger partial charge on any atom is 0.326 e. The predicted molar refractivity (Wildman–Crippen MR) is 88.8 cm³/mol. The molecule has 0 aromatic heterocycles. The van der Waals surface area contributed by atoms with Gasteiger partial charge in [0.2, 0.25) is 0 Å². The van der Waals surface area contributed by atoms with Gasteiger partial charge in [0.15, 0.2) is 5.82 Å². The maximum atomic E-state index is 14.3. The highest BCUT2D eigenvalue weighted by Crippen LogP contribution is 2.44. The standard InChI is InChI=1S/C17H22FN3O3/c1-20(14-5-3-4-13(19-23)15(14)18)12-6-10-21(11-7-12)17(8-9-17)16(22)24-2/h3-5,12H,6-11H2,1-2H3. The molecule has 2 aliphatic rings. The third-order valence-electron chi connectivity index (χ3n) is 5.34. The van der Waals surface area contributed by atoms with E-state index in [0.29, 0.717) is 5.69 Å². The lowest BCUT2D eigenvalue weighted by Gasteiger charge is -2.40. The summed E-state index contributed by atoms with van der Waals surface area (Å²) in [5.74, 6) is -0.726. The number of nitroso groups, excluding NO2 is 1. The van der Waals surface area contributed by atoms with E-state index in [0.717, 1.165) is 38.8 Å². The number of ether oxygens (including phenoxy) is 1. The average Bonchev–Trinajstić information content (AvgIpc) is 3.43. The summed E-state index contributed by atoms with van der Waals surface area (Å²) in [5.41, 5.74) is -0.204. The molecule has 1 aliphatic carbocycles. The molecule has 3 rings (SSSR count). The average molecular weight is 335 g/mol. The molecule has 2 fully saturated rings. The summed E-state index contributed by atoms with van der Waals surface area (Å²) in [6.45, 7) is 1.55. The van der Waals surface area contributed by atoms with Crippen molar-refractivity contribution in [3.63, 3.8) is 0 Å². The fourth-order valence-electron chi connectivity index (χ4n) is 3.69. The van der Waals surface area contributed by atoms with Crippen molar-refractivity contribution in [2.45, 2.75) is 37.3 Å². The minimum Gasteiger partial charge on any atom is -0.468 e. The van der Waals surface area contributed by atoms with Gasteiger partial charge < -0.3 is 9.64 Å². The van der Waals surface area contributed by atoms with E-state index in [9.17, 15) is 14.1 Å². The highest BCUT2D eigenvalue weighted by Gasteiger charge is 2.56. The van der Waals surface area contributed by atoms with Gasteiger partial charge in [0, 0.05) is 26.2 Å². The Morgan fingerprint density at radius 2 is 2.04 bits per heavy atom. The van der Waals surface area contributed by atoms with Crippen LogP contribution >= 0.6 is 0 Å². The van der Waals surface area contributed by atoms with Crippen molar-refractivity contribution >= 4 is 17.3 Å². The van der Waals surface area contributed by atoms with Gasteiger partial charge in [-0.05, 0) is 43.0 Å². The second kappa shape index (κ2) is 6.47. The first-order valence-electron chi connectivity index (χ1n) is 8.21. The van der Waals surface area contributed by atoms with Crippen LogP contribution < -0.4 is 4.90 Å². The van der Waals surface area contributed by atoms with Crippen molar-refractivity contribution < 1.29 is 13.9 Å². The summed E-state index contributed by atoms with van der Waals surface area (Å²) >= 11 is 0. The Bertz CT molecular complexity index is 640. The van der Waals surface area contributed by atoms with E-state index in [1.54, 1.807) is 12.1 Å². The van der Waals surface area contributed by atoms with Crippen LogP contribution in [0.2, 0.25) is 0 Å². The normalized spacial score (nSPS) is 20.5. The number of hydrogen-bond donors (Lipinski definition) is 0. The quantitative estimate of drug-likeness (QED) is 0.612. The fraction of sp³-hybridized carbons (Fsp3) is 0.588. The topological polar surface area (TPSA) is 62.2 Å². The number of halogens is 1. The second-order valence-corrected chi connectivity index (χ2v) is 6.55. The highest BCUT2D eigenvalue weighted by molar-refractivity contribution is 5.84. The van der Waals surface area contributed by atoms with Crippen molar-refractivity contribution in [1.82, 2.24) is 4.90 Å². The SMILES string of the molecule is COC(=O)C1(N2CCC(N(C)c3cccc(N=O)c3F)CC2)CC1. The lowest BCUT2D eigenvalue weighted by molar-refractivity contribution is -0.149. The van der Waals surface area contributed by atoms with Crippen LogP contribution in [0.15, 0.2) is 23.4 Å². The van der Waals surface area contributed by atoms with Crippen molar-refractivity contribution in [3.8, 4) is 0 Å². The van der Waals surface area contributed by atoms with Gasteiger partial charge in [0.25, 0.3) is 0 Å². The van der Waals surface area contributed by atoms with E-state index in [4.69, 9.17) is 4.74 Å². The van der Waals surface area contributed by atoms with Crippen LogP contribution in [0.1, 0.15) is 25.7 Å². The van der Waals surface area contributed by atoms with Crippen molar-refractivity contribution in [1.29, 1.82) is 0 Å². The first-order chi connectivity index (χ1) is 11.5. The van der Waals surface area contributed by atoms with Gasteiger partial charge in [-0.1, -0.05) is 6.07 Å². The zero-order chi connectivity index (χ0) is 17.3. The summed E-state index contributed by atoms with van der Waals surface area (Å²) < 4.78 is 19.2. The van der Waals surface area contributed by atoms with Crippen LogP contribution in [0.25, 0.3) is 0 Å². The Labute approximate surface area is 140 Å². The molecular formula is C17H22FN3O3. The van der Waals surface area contributed by atoms with E-state index in [1.807, 2.05) is 11.9 Å². The second-order valence-electron chi connectivity index (χ2n) is 6.55. The molecule has 1 aromatic carbocycles. The molecule has 0 amide bonds. The molecule has 0 unspecified atom stereocenters. The lowest BCUT2D eigenvalue weighted by Crippen LogP contribution is -2.51. The Kier molecular flexibility index (Phi) is 4.54. The van der Waals surface area contributed by atoms with Crippen LogP contribution in [-0.2, 0) is 9.53 Å². The van der Waals surface area contributed by atoms with E-state index in [-0.39, 0.29) is 17.7 Å². The summed E-state index contributed by atoms with van der Waals surface area (Å²) in [7, 11) is 3.26. The van der Waals surface area contributed by atoms with E-state index in [2.05, 4.69) is 10.1 Å². The summed E-state index contributed by atoms with van der Waals surface area (Å²) in [6, 6.07) is 4.83. The molecule has 0 radical (unpaired) electrons. The molecule has 0 bridgehead atoms. The number of esters is 1. The van der Waals surface area contributed by atoms with Crippen LogP contribution in [0.4, 0.5) is 15.8 Å². The molecular weight excluding hydrogens is 313 g/mol. The van der Waals surface area contributed by atoms with Crippen LogP contribution in [0.3, 0.4) is 0 Å². The smallest absolute Gasteiger partial charge is 0.326 e. The Morgan fingerprint density at radius 3 is 2.58 bits per heavy atom. The van der Waals surface area contributed by atoms with Crippen molar-refractivity contribution in [2.75, 3.05) is 32.1 Å². The van der Waals surface area contributed by atoms with Gasteiger partial charge in [-0.2, -0.15) is 0 Å². The molecule has 0 atom stereocenters. The van der Waals surface area contributed by atoms with Crippen LogP contribution in [-0.4, -0.2) is 49.7 Å². The zero-order valence-corrected chi connectivity index (χ0v) is 14.0. The van der Waals surface area contributed by atoms with Crippen molar-refractivity contribution in [2.24, 2.45) is 5.18 Å². The Balaban J connectivity index is 1.67. The van der Waals surface area contributed by atoms with Gasteiger partial charge in [0.1, 0.15) is 11.2 Å². The summed E-state index contributed by atoms with van der Waals surface area (Å²) in [5, 5.41) is 2.73. The van der Waals surface area contributed by atoms with Gasteiger partial charge in [-0.15, -0.1) is 4.91 Å². The minimum atomic E-state index is -0.578. The maximum absolute atomic E-state index is 14.3. The first kappa shape index (κ1) is 16.8. The number of benzene rings is 1. The van der Waals surface area contributed by atoms with E-state index < -0.39 is 11.4 Å². The molecule has 1 aromatic rings. The van der Waals surface area contributed by atoms with Crippen molar-refractivity contribution in [3.05, 3.63) is 28.9 Å². The third-order valence-corrected chi connectivity index (χ3v) is 5.34. The number of carbonyl (C=O) groups is 1. The summed E-state index contributed by atoms with van der Waals surface area (Å²) in [6.07, 6.45) is 3.35. The minimum absolute atomic E-state index is 0.148. The fourth-order valence-corrected chi connectivity index (χ4v) is 3.69. The number of anilines is 1. The highest BCUT2D eigenvalue weighted by atomic mass is 19.1. The molecule has 7 heteroatoms. The largest absolute Gasteiger partial charge is 0.468 e. The Morgan fingerprint density at radius 1 is 1.38 bits per heavy atom.